The molecule has 0 radical (unpaired) electrons. The van der Waals surface area contributed by atoms with Crippen LogP contribution in [-0.4, -0.2) is 80.0 Å². The maximum Gasteiger partial charge on any atom is 0.547 e. The molecule has 1 aromatic heterocycles. The lowest BCUT2D eigenvalue weighted by molar-refractivity contribution is -0.122. The van der Waals surface area contributed by atoms with Crippen molar-refractivity contribution in [3.05, 3.63) is 41.2 Å². The van der Waals surface area contributed by atoms with E-state index in [0.717, 1.165) is 0 Å². The fraction of sp³-hybridized carbons (Fsp3) is 0.353. The zero-order valence-electron chi connectivity index (χ0n) is 15.8. The van der Waals surface area contributed by atoms with Gasteiger partial charge < -0.3 is 30.7 Å². The second kappa shape index (κ2) is 7.76. The fourth-order valence-corrected chi connectivity index (χ4v) is 3.43. The van der Waals surface area contributed by atoms with E-state index in [1.165, 1.54) is 21.8 Å². The highest BCUT2D eigenvalue weighted by molar-refractivity contribution is 6.47. The number of carbonyl (C=O) groups is 3. The molecule has 156 valence electrons. The number of hydrogen-bond donors (Lipinski definition) is 4. The molecule has 0 aliphatic carbocycles. The number of rotatable bonds is 5. The molecule has 13 heteroatoms. The molecule has 0 saturated carbocycles. The van der Waals surface area contributed by atoms with Crippen LogP contribution in [0.5, 0.6) is 5.75 Å². The van der Waals surface area contributed by atoms with Gasteiger partial charge in [0.1, 0.15) is 12.3 Å². The first-order valence-corrected chi connectivity index (χ1v) is 9.26. The average molecular weight is 414 g/mol. The van der Waals surface area contributed by atoms with Crippen molar-refractivity contribution in [2.45, 2.75) is 24.9 Å². The molecule has 4 rings (SSSR count). The van der Waals surface area contributed by atoms with Crippen LogP contribution in [0.2, 0.25) is 0 Å². The molecule has 1 unspecified atom stereocenters. The molecule has 5 N–H and O–H groups in total. The van der Waals surface area contributed by atoms with Crippen LogP contribution in [0.25, 0.3) is 0 Å². The molecule has 1 atom stereocenters. The Balaban J connectivity index is 1.37. The molecule has 1 aromatic carbocycles. The summed E-state index contributed by atoms with van der Waals surface area (Å²) >= 11 is 0. The lowest BCUT2D eigenvalue weighted by Crippen LogP contribution is -2.57. The molecule has 1 fully saturated rings. The number of para-hydroxylation sites is 1. The number of aromatic carboxylic acids is 1. The van der Waals surface area contributed by atoms with Gasteiger partial charge in [-0.1, -0.05) is 17.3 Å². The van der Waals surface area contributed by atoms with Gasteiger partial charge in [0.25, 0.3) is 5.91 Å². The SMILES string of the molecule is NC1CN(C(=O)c2cn(CC(=O)NC3Cc4cccc(C(=O)O)c4OB3O)nn2)C1. The van der Waals surface area contributed by atoms with Crippen LogP contribution >= 0.6 is 0 Å². The van der Waals surface area contributed by atoms with Crippen LogP contribution in [0, 0.1) is 0 Å². The van der Waals surface area contributed by atoms with E-state index in [1.807, 2.05) is 0 Å². The predicted molar refractivity (Wildman–Crippen MR) is 102 cm³/mol. The van der Waals surface area contributed by atoms with Crippen LogP contribution in [0.1, 0.15) is 26.4 Å². The predicted octanol–water partition coefficient (Wildman–Crippen LogP) is -2.10. The summed E-state index contributed by atoms with van der Waals surface area (Å²) in [4.78, 5) is 37.4. The maximum absolute atomic E-state index is 12.4. The largest absolute Gasteiger partial charge is 0.547 e. The molecule has 12 nitrogen and oxygen atoms in total. The van der Waals surface area contributed by atoms with Crippen LogP contribution in [-0.2, 0) is 17.8 Å². The zero-order valence-corrected chi connectivity index (χ0v) is 15.8. The van der Waals surface area contributed by atoms with Crippen molar-refractivity contribution >= 4 is 24.9 Å². The summed E-state index contributed by atoms with van der Waals surface area (Å²) in [5.41, 5.74) is 6.28. The van der Waals surface area contributed by atoms with Gasteiger partial charge in [-0.15, -0.1) is 5.10 Å². The number of likely N-dealkylation sites (tertiary alicyclic amines) is 1. The number of carbonyl (C=O) groups excluding carboxylic acids is 2. The summed E-state index contributed by atoms with van der Waals surface area (Å²) in [6, 6.07) is 4.59. The Bertz CT molecular complexity index is 1010. The number of aromatic nitrogens is 3. The number of carboxylic acid groups (broad SMARTS) is 1. The highest BCUT2D eigenvalue weighted by Gasteiger charge is 2.38. The zero-order chi connectivity index (χ0) is 21.4. The second-order valence-electron chi connectivity index (χ2n) is 7.26. The van der Waals surface area contributed by atoms with Gasteiger partial charge in [0.15, 0.2) is 5.69 Å². The number of hydrogen-bond acceptors (Lipinski definition) is 8. The second-order valence-corrected chi connectivity index (χ2v) is 7.26. The molecular weight excluding hydrogens is 395 g/mol. The first-order chi connectivity index (χ1) is 14.3. The molecule has 30 heavy (non-hydrogen) atoms. The van der Waals surface area contributed by atoms with Crippen molar-refractivity contribution in [3.63, 3.8) is 0 Å². The Morgan fingerprint density at radius 1 is 1.33 bits per heavy atom. The van der Waals surface area contributed by atoms with Gasteiger partial charge in [-0.2, -0.15) is 0 Å². The van der Waals surface area contributed by atoms with Gasteiger partial charge >= 0.3 is 13.1 Å². The first kappa shape index (κ1) is 19.9. The van der Waals surface area contributed by atoms with E-state index in [4.69, 9.17) is 10.4 Å². The topological polar surface area (TPSA) is 173 Å². The third-order valence-corrected chi connectivity index (χ3v) is 4.96. The first-order valence-electron chi connectivity index (χ1n) is 9.26. The molecule has 2 aliphatic heterocycles. The summed E-state index contributed by atoms with van der Waals surface area (Å²) in [5, 5.41) is 29.6. The van der Waals surface area contributed by atoms with Crippen LogP contribution in [0.4, 0.5) is 0 Å². The highest BCUT2D eigenvalue weighted by Crippen LogP contribution is 2.30. The number of nitrogens with zero attached hydrogens (tertiary/aromatic N) is 4. The fourth-order valence-electron chi connectivity index (χ4n) is 3.43. The standard InChI is InChI=1S/C17H19BN6O6/c19-10-5-23(6-10)16(26)12-7-24(22-21-12)8-14(25)20-13-4-9-2-1-3-11(17(27)28)15(9)30-18(13)29/h1-3,7,10,13,29H,4-6,8,19H2,(H,20,25)(H,27,28). The summed E-state index contributed by atoms with van der Waals surface area (Å²) in [5.74, 6) is -2.63. The van der Waals surface area contributed by atoms with Gasteiger partial charge in [-0.05, 0) is 18.1 Å². The Morgan fingerprint density at radius 2 is 2.10 bits per heavy atom. The van der Waals surface area contributed by atoms with Crippen molar-refractivity contribution in [1.82, 2.24) is 25.2 Å². The number of amides is 2. The molecule has 0 spiro atoms. The molecule has 2 aliphatic rings. The monoisotopic (exact) mass is 414 g/mol. The molecule has 1 saturated heterocycles. The van der Waals surface area contributed by atoms with Gasteiger partial charge in [-0.3, -0.25) is 9.59 Å². The Kier molecular flexibility index (Phi) is 5.14. The van der Waals surface area contributed by atoms with E-state index in [1.54, 1.807) is 12.1 Å². The minimum Gasteiger partial charge on any atom is -0.534 e. The van der Waals surface area contributed by atoms with Crippen molar-refractivity contribution in [1.29, 1.82) is 0 Å². The lowest BCUT2D eigenvalue weighted by atomic mass is 9.72. The molecule has 3 heterocycles. The van der Waals surface area contributed by atoms with E-state index in [9.17, 15) is 24.5 Å². The van der Waals surface area contributed by atoms with Crippen molar-refractivity contribution in [2.75, 3.05) is 13.1 Å². The van der Waals surface area contributed by atoms with E-state index in [-0.39, 0.29) is 41.9 Å². The minimum absolute atomic E-state index is 0.0318. The Hall–Kier alpha value is -3.45. The number of fused-ring (bicyclic) bond motifs is 1. The van der Waals surface area contributed by atoms with Crippen LogP contribution in [0.3, 0.4) is 0 Å². The van der Waals surface area contributed by atoms with Gasteiger partial charge in [0.05, 0.1) is 17.7 Å². The average Bonchev–Trinajstić information content (AvgIpc) is 3.13. The normalized spacial score (nSPS) is 18.3. The molecule has 0 bridgehead atoms. The molecule has 2 aromatic rings. The Labute approximate surface area is 170 Å². The smallest absolute Gasteiger partial charge is 0.534 e. The minimum atomic E-state index is -1.41. The Morgan fingerprint density at radius 3 is 2.80 bits per heavy atom. The number of carboxylic acids is 1. The maximum atomic E-state index is 12.4. The van der Waals surface area contributed by atoms with E-state index < -0.39 is 24.9 Å². The summed E-state index contributed by atoms with van der Waals surface area (Å²) < 4.78 is 6.56. The van der Waals surface area contributed by atoms with Gasteiger partial charge in [-0.25, -0.2) is 9.48 Å². The van der Waals surface area contributed by atoms with E-state index in [0.29, 0.717) is 18.7 Å². The third kappa shape index (κ3) is 3.84. The van der Waals surface area contributed by atoms with Crippen molar-refractivity contribution in [3.8, 4) is 5.75 Å². The number of nitrogens with one attached hydrogen (secondary N) is 1. The summed E-state index contributed by atoms with van der Waals surface area (Å²) in [7, 11) is -1.41. The van der Waals surface area contributed by atoms with E-state index >= 15 is 0 Å². The third-order valence-electron chi connectivity index (χ3n) is 4.96. The highest BCUT2D eigenvalue weighted by atomic mass is 16.5. The van der Waals surface area contributed by atoms with Crippen LogP contribution in [0.15, 0.2) is 24.4 Å². The van der Waals surface area contributed by atoms with E-state index in [2.05, 4.69) is 15.6 Å². The van der Waals surface area contributed by atoms with Crippen LogP contribution < -0.4 is 15.7 Å². The van der Waals surface area contributed by atoms with Gasteiger partial charge in [0, 0.05) is 19.1 Å². The van der Waals surface area contributed by atoms with Gasteiger partial charge in [0.2, 0.25) is 5.91 Å². The lowest BCUT2D eigenvalue weighted by Gasteiger charge is -2.36. The number of benzene rings is 1. The molecule has 2 amide bonds. The molecular formula is C17H19BN6O6. The summed E-state index contributed by atoms with van der Waals surface area (Å²) in [6.45, 7) is 0.693. The number of nitrogens with two attached hydrogens (primary N) is 1. The summed E-state index contributed by atoms with van der Waals surface area (Å²) in [6.07, 6.45) is 1.56. The quantitative estimate of drug-likeness (QED) is 0.400. The van der Waals surface area contributed by atoms with Crippen molar-refractivity contribution in [2.24, 2.45) is 5.73 Å². The van der Waals surface area contributed by atoms with Crippen molar-refractivity contribution < 1.29 is 29.2 Å².